The molecular formula is C27H35N5O5S. The summed E-state index contributed by atoms with van der Waals surface area (Å²) in [6, 6.07) is 14.4. The van der Waals surface area contributed by atoms with Gasteiger partial charge in [-0.25, -0.2) is 4.98 Å². The van der Waals surface area contributed by atoms with Gasteiger partial charge in [0.25, 0.3) is 15.9 Å². The molecule has 0 saturated heterocycles. The van der Waals surface area contributed by atoms with Crippen molar-refractivity contribution in [2.45, 2.75) is 37.6 Å². The van der Waals surface area contributed by atoms with E-state index in [9.17, 15) is 18.3 Å². The van der Waals surface area contributed by atoms with E-state index in [0.717, 1.165) is 6.54 Å². The van der Waals surface area contributed by atoms with Gasteiger partial charge in [-0.2, -0.15) is 8.42 Å². The molecular weight excluding hydrogens is 506 g/mol. The SMILES string of the molecule is C[C@@H]1CN([C@H](C)CO)C(=O)c2cc(NS(=O)(=O)c3cn(C)cn3)ccc2O[C@@H]1CN(C)Cc1ccccc1. The van der Waals surface area contributed by atoms with Crippen molar-refractivity contribution in [1.29, 1.82) is 0 Å². The van der Waals surface area contributed by atoms with Crippen molar-refractivity contribution in [2.24, 2.45) is 13.0 Å². The van der Waals surface area contributed by atoms with Crippen LogP contribution in [0.3, 0.4) is 0 Å². The number of amides is 1. The third-order valence-corrected chi connectivity index (χ3v) is 7.93. The van der Waals surface area contributed by atoms with Crippen LogP contribution in [-0.4, -0.2) is 77.7 Å². The maximum absolute atomic E-state index is 13.6. The molecule has 0 bridgehead atoms. The Kier molecular flexibility index (Phi) is 8.39. The first-order valence-corrected chi connectivity index (χ1v) is 14.0. The number of anilines is 1. The highest BCUT2D eigenvalue weighted by Crippen LogP contribution is 2.31. The van der Waals surface area contributed by atoms with Crippen LogP contribution >= 0.6 is 0 Å². The van der Waals surface area contributed by atoms with E-state index in [-0.39, 0.29) is 40.8 Å². The van der Waals surface area contributed by atoms with Gasteiger partial charge in [-0.3, -0.25) is 14.4 Å². The predicted octanol–water partition coefficient (Wildman–Crippen LogP) is 2.57. The van der Waals surface area contributed by atoms with Crippen LogP contribution in [0, 0.1) is 5.92 Å². The number of nitrogens with zero attached hydrogens (tertiary/aromatic N) is 4. The van der Waals surface area contributed by atoms with Gasteiger partial charge in [0.05, 0.1) is 24.5 Å². The van der Waals surface area contributed by atoms with Crippen LogP contribution in [0.4, 0.5) is 5.69 Å². The Hall–Kier alpha value is -3.41. The fraction of sp³-hybridized carbons (Fsp3) is 0.407. The van der Waals surface area contributed by atoms with Crippen molar-refractivity contribution in [2.75, 3.05) is 31.5 Å². The second-order valence-corrected chi connectivity index (χ2v) is 11.6. The lowest BCUT2D eigenvalue weighted by Gasteiger charge is -2.38. The maximum atomic E-state index is 13.6. The molecule has 38 heavy (non-hydrogen) atoms. The summed E-state index contributed by atoms with van der Waals surface area (Å²) in [5.74, 6) is 0.0145. The van der Waals surface area contributed by atoms with E-state index in [2.05, 4.69) is 26.7 Å². The molecule has 3 aromatic rings. The largest absolute Gasteiger partial charge is 0.488 e. The lowest BCUT2D eigenvalue weighted by atomic mass is 9.99. The van der Waals surface area contributed by atoms with Crippen LogP contribution in [0.5, 0.6) is 5.75 Å². The van der Waals surface area contributed by atoms with Gasteiger partial charge in [-0.05, 0) is 37.7 Å². The molecule has 0 unspecified atom stereocenters. The minimum Gasteiger partial charge on any atom is -0.488 e. The number of benzene rings is 2. The van der Waals surface area contributed by atoms with Crippen LogP contribution in [0.1, 0.15) is 29.8 Å². The molecule has 1 aliphatic rings. The zero-order valence-corrected chi connectivity index (χ0v) is 22.9. The summed E-state index contributed by atoms with van der Waals surface area (Å²) >= 11 is 0. The zero-order valence-electron chi connectivity index (χ0n) is 22.1. The first kappa shape index (κ1) is 27.6. The second-order valence-electron chi connectivity index (χ2n) is 10.00. The normalized spacial score (nSPS) is 18.9. The minimum atomic E-state index is -3.95. The Morgan fingerprint density at radius 2 is 1.97 bits per heavy atom. The Morgan fingerprint density at radius 1 is 1.24 bits per heavy atom. The van der Waals surface area contributed by atoms with Crippen LogP contribution in [0.15, 0.2) is 66.1 Å². The second kappa shape index (κ2) is 11.5. The summed E-state index contributed by atoms with van der Waals surface area (Å²) in [6.07, 6.45) is 2.55. The molecule has 1 aromatic heterocycles. The first-order valence-electron chi connectivity index (χ1n) is 12.5. The van der Waals surface area contributed by atoms with E-state index in [1.54, 1.807) is 31.0 Å². The third-order valence-electron chi connectivity index (χ3n) is 6.66. The average molecular weight is 542 g/mol. The quantitative estimate of drug-likeness (QED) is 0.428. The molecule has 0 fully saturated rings. The summed E-state index contributed by atoms with van der Waals surface area (Å²) in [6.45, 7) is 5.36. The number of rotatable bonds is 9. The number of fused-ring (bicyclic) bond motifs is 1. The van der Waals surface area contributed by atoms with Crippen LogP contribution in [0.2, 0.25) is 0 Å². The highest BCUT2D eigenvalue weighted by Gasteiger charge is 2.34. The summed E-state index contributed by atoms with van der Waals surface area (Å²) in [5.41, 5.74) is 1.63. The average Bonchev–Trinajstić information content (AvgIpc) is 3.34. The molecule has 1 amide bonds. The smallest absolute Gasteiger partial charge is 0.280 e. The molecule has 4 rings (SSSR count). The number of nitrogens with one attached hydrogen (secondary N) is 1. The van der Waals surface area contributed by atoms with Gasteiger partial charge in [0.1, 0.15) is 11.9 Å². The highest BCUT2D eigenvalue weighted by atomic mass is 32.2. The number of hydrogen-bond donors (Lipinski definition) is 2. The van der Waals surface area contributed by atoms with Crippen molar-refractivity contribution in [1.82, 2.24) is 19.4 Å². The molecule has 0 radical (unpaired) electrons. The lowest BCUT2D eigenvalue weighted by Crippen LogP contribution is -2.49. The summed E-state index contributed by atoms with van der Waals surface area (Å²) in [5, 5.41) is 9.75. The summed E-state index contributed by atoms with van der Waals surface area (Å²) in [7, 11) is -0.242. The van der Waals surface area contributed by atoms with Crippen molar-refractivity contribution < 1.29 is 23.1 Å². The third kappa shape index (κ3) is 6.35. The molecule has 2 aromatic carbocycles. The van der Waals surface area contributed by atoms with Gasteiger partial charge in [0.2, 0.25) is 0 Å². The number of aryl methyl sites for hydroxylation is 1. The molecule has 0 saturated carbocycles. The Labute approximate surface area is 223 Å². The van der Waals surface area contributed by atoms with E-state index >= 15 is 0 Å². The minimum absolute atomic E-state index is 0.0262. The molecule has 3 atom stereocenters. The predicted molar refractivity (Wildman–Crippen MR) is 144 cm³/mol. The van der Waals surface area contributed by atoms with Gasteiger partial charge < -0.3 is 19.3 Å². The van der Waals surface area contributed by atoms with Crippen molar-refractivity contribution >= 4 is 21.6 Å². The number of ether oxygens (including phenoxy) is 1. The molecule has 0 spiro atoms. The number of hydrogen-bond acceptors (Lipinski definition) is 7. The van der Waals surface area contributed by atoms with E-state index in [4.69, 9.17) is 4.74 Å². The number of carbonyl (C=O) groups excluding carboxylic acids is 1. The standard InChI is InChI=1S/C27H35N5O5S/c1-19-13-32(20(2)17-33)27(34)23-12-22(29-38(35,36)26-16-31(4)18-28-26)10-11-24(23)37-25(19)15-30(3)14-21-8-6-5-7-9-21/h5-12,16,18-20,25,29,33H,13-15,17H2,1-4H3/t19-,20-,25-/m1/s1. The number of aliphatic hydroxyl groups excluding tert-OH is 1. The Morgan fingerprint density at radius 3 is 2.63 bits per heavy atom. The van der Waals surface area contributed by atoms with Gasteiger partial charge in [-0.15, -0.1) is 0 Å². The number of carbonyl (C=O) groups is 1. The molecule has 10 nitrogen and oxygen atoms in total. The lowest BCUT2D eigenvalue weighted by molar-refractivity contribution is 0.0341. The van der Waals surface area contributed by atoms with Gasteiger partial charge in [-0.1, -0.05) is 37.3 Å². The number of likely N-dealkylation sites (N-methyl/N-ethyl adjacent to an activating group) is 1. The van der Waals surface area contributed by atoms with Crippen LogP contribution in [0.25, 0.3) is 0 Å². The maximum Gasteiger partial charge on any atom is 0.280 e. The van der Waals surface area contributed by atoms with Crippen LogP contribution < -0.4 is 9.46 Å². The van der Waals surface area contributed by atoms with Crippen LogP contribution in [-0.2, 0) is 23.6 Å². The van der Waals surface area contributed by atoms with Gasteiger partial charge in [0, 0.05) is 44.5 Å². The van der Waals surface area contributed by atoms with E-state index < -0.39 is 16.1 Å². The topological polar surface area (TPSA) is 117 Å². The Bertz CT molecular complexity index is 1360. The highest BCUT2D eigenvalue weighted by molar-refractivity contribution is 7.92. The van der Waals surface area contributed by atoms with E-state index in [1.807, 2.05) is 32.2 Å². The monoisotopic (exact) mass is 541 g/mol. The number of sulfonamides is 1. The summed E-state index contributed by atoms with van der Waals surface area (Å²) < 4.78 is 36.1. The molecule has 2 N–H and O–H groups in total. The van der Waals surface area contributed by atoms with Gasteiger partial charge >= 0.3 is 0 Å². The molecule has 11 heteroatoms. The molecule has 0 aliphatic carbocycles. The molecule has 1 aliphatic heterocycles. The van der Waals surface area contributed by atoms with E-state index in [0.29, 0.717) is 18.8 Å². The number of imidazole rings is 1. The van der Waals surface area contributed by atoms with Crippen molar-refractivity contribution in [3.8, 4) is 5.75 Å². The zero-order chi connectivity index (χ0) is 27.4. The van der Waals surface area contributed by atoms with Crippen molar-refractivity contribution in [3.63, 3.8) is 0 Å². The first-order chi connectivity index (χ1) is 18.1. The fourth-order valence-electron chi connectivity index (χ4n) is 4.51. The summed E-state index contributed by atoms with van der Waals surface area (Å²) in [4.78, 5) is 21.4. The molecule has 204 valence electrons. The fourth-order valence-corrected chi connectivity index (χ4v) is 5.54. The number of aliphatic hydroxyl groups is 1. The Balaban J connectivity index is 1.63. The van der Waals surface area contributed by atoms with Gasteiger partial charge in [0.15, 0.2) is 5.03 Å². The van der Waals surface area contributed by atoms with Crippen molar-refractivity contribution in [3.05, 3.63) is 72.2 Å². The molecule has 2 heterocycles. The number of aromatic nitrogens is 2. The van der Waals surface area contributed by atoms with E-state index in [1.165, 1.54) is 28.7 Å².